The molecule has 0 fully saturated rings. The Hall–Kier alpha value is -1.35. The van der Waals surface area contributed by atoms with Gasteiger partial charge in [-0.3, -0.25) is 4.79 Å². The predicted molar refractivity (Wildman–Crippen MR) is 66.8 cm³/mol. The van der Waals surface area contributed by atoms with E-state index in [0.717, 1.165) is 23.9 Å². The molecule has 0 aliphatic heterocycles. The van der Waals surface area contributed by atoms with Gasteiger partial charge in [0.1, 0.15) is 6.54 Å². The van der Waals surface area contributed by atoms with Gasteiger partial charge in [0.05, 0.1) is 12.4 Å². The first-order chi connectivity index (χ1) is 9.73. The summed E-state index contributed by atoms with van der Waals surface area (Å²) in [5.41, 5.74) is 0. The van der Waals surface area contributed by atoms with E-state index >= 15 is 0 Å². The Morgan fingerprint density at radius 3 is 2.43 bits per heavy atom. The molecule has 1 aromatic rings. The maximum absolute atomic E-state index is 12.9. The van der Waals surface area contributed by atoms with Crippen molar-refractivity contribution in [2.45, 2.75) is 11.1 Å². The summed E-state index contributed by atoms with van der Waals surface area (Å²) >= 11 is 0.785. The minimum atomic E-state index is -4.57. The van der Waals surface area contributed by atoms with E-state index in [4.69, 9.17) is 5.11 Å². The normalized spacial score (nSPS) is 11.5. The van der Waals surface area contributed by atoms with Gasteiger partial charge in [-0.2, -0.15) is 13.2 Å². The zero-order valence-electron chi connectivity index (χ0n) is 10.7. The number of hydrogen-bond acceptors (Lipinski definition) is 3. The number of benzene rings is 1. The van der Waals surface area contributed by atoms with E-state index in [0.29, 0.717) is 4.90 Å². The van der Waals surface area contributed by atoms with Crippen LogP contribution >= 0.6 is 11.8 Å². The molecule has 3 nitrogen and oxygen atoms in total. The molecule has 0 aliphatic carbocycles. The Balaban J connectivity index is 2.62. The first kappa shape index (κ1) is 17.7. The molecule has 1 N–H and O–H groups in total. The first-order valence-corrected chi connectivity index (χ1v) is 6.74. The molecule has 0 bridgehead atoms. The number of nitrogens with zero attached hydrogens (tertiary/aromatic N) is 1. The van der Waals surface area contributed by atoms with Gasteiger partial charge in [-0.25, -0.2) is 8.78 Å². The summed E-state index contributed by atoms with van der Waals surface area (Å²) in [5, 5.41) is 8.68. The summed E-state index contributed by atoms with van der Waals surface area (Å²) in [6.45, 7) is -2.51. The van der Waals surface area contributed by atoms with Crippen molar-refractivity contribution in [1.82, 2.24) is 4.90 Å². The lowest BCUT2D eigenvalue weighted by molar-refractivity contribution is -0.160. The highest BCUT2D eigenvalue weighted by atomic mass is 32.2. The van der Waals surface area contributed by atoms with Gasteiger partial charge in [-0.1, -0.05) is 0 Å². The first-order valence-electron chi connectivity index (χ1n) is 5.76. The molecule has 0 unspecified atom stereocenters. The zero-order chi connectivity index (χ0) is 16.0. The third-order valence-corrected chi connectivity index (χ3v) is 3.32. The number of aliphatic hydroxyl groups excluding tert-OH is 1. The smallest absolute Gasteiger partial charge is 0.395 e. The van der Waals surface area contributed by atoms with Crippen molar-refractivity contribution in [2.24, 2.45) is 0 Å². The van der Waals surface area contributed by atoms with Crippen molar-refractivity contribution in [3.63, 3.8) is 0 Å². The van der Waals surface area contributed by atoms with Crippen LogP contribution < -0.4 is 0 Å². The van der Waals surface area contributed by atoms with Gasteiger partial charge in [0.25, 0.3) is 0 Å². The monoisotopic (exact) mass is 329 g/mol. The highest BCUT2D eigenvalue weighted by Crippen LogP contribution is 2.22. The summed E-state index contributed by atoms with van der Waals surface area (Å²) in [7, 11) is 0. The van der Waals surface area contributed by atoms with Crippen LogP contribution in [0.25, 0.3) is 0 Å². The fraction of sp³-hybridized carbons (Fsp3) is 0.417. The number of halogens is 5. The third-order valence-electron chi connectivity index (χ3n) is 2.35. The van der Waals surface area contributed by atoms with Crippen molar-refractivity contribution in [3.8, 4) is 0 Å². The van der Waals surface area contributed by atoms with Crippen LogP contribution in [0.5, 0.6) is 0 Å². The van der Waals surface area contributed by atoms with E-state index in [2.05, 4.69) is 0 Å². The van der Waals surface area contributed by atoms with Crippen LogP contribution in [0.3, 0.4) is 0 Å². The molecule has 1 amide bonds. The zero-order valence-corrected chi connectivity index (χ0v) is 11.5. The van der Waals surface area contributed by atoms with E-state index < -0.39 is 43.4 Å². The van der Waals surface area contributed by atoms with Crippen LogP contribution in [0.4, 0.5) is 22.0 Å². The van der Waals surface area contributed by atoms with Crippen LogP contribution in [-0.4, -0.2) is 47.5 Å². The predicted octanol–water partition coefficient (Wildman–Crippen LogP) is 2.44. The van der Waals surface area contributed by atoms with Crippen molar-refractivity contribution >= 4 is 17.7 Å². The summed E-state index contributed by atoms with van der Waals surface area (Å²) in [6, 6.07) is 2.94. The quantitative estimate of drug-likeness (QED) is 0.644. The van der Waals surface area contributed by atoms with E-state index in [1.165, 1.54) is 6.07 Å². The Labute approximate surface area is 121 Å². The van der Waals surface area contributed by atoms with Crippen LogP contribution in [0.1, 0.15) is 0 Å². The molecule has 0 heterocycles. The van der Waals surface area contributed by atoms with E-state index in [1.54, 1.807) is 0 Å². The highest BCUT2D eigenvalue weighted by Gasteiger charge is 2.32. The molecule has 0 radical (unpaired) electrons. The lowest BCUT2D eigenvalue weighted by atomic mass is 10.3. The molecule has 0 aliphatic rings. The van der Waals surface area contributed by atoms with Gasteiger partial charge < -0.3 is 10.0 Å². The number of thioether (sulfide) groups is 1. The van der Waals surface area contributed by atoms with Crippen LogP contribution in [0.2, 0.25) is 0 Å². The standard InChI is InChI=1S/C12H12F5NO2S/c13-9-2-1-8(5-10(9)14)21-6-11(20)18(3-4-19)7-12(15,16)17/h1-2,5,19H,3-4,6-7H2. The second-order valence-corrected chi connectivity index (χ2v) is 5.07. The van der Waals surface area contributed by atoms with Crippen molar-refractivity contribution in [3.05, 3.63) is 29.8 Å². The van der Waals surface area contributed by atoms with Gasteiger partial charge in [-0.05, 0) is 18.2 Å². The van der Waals surface area contributed by atoms with Crippen molar-refractivity contribution in [2.75, 3.05) is 25.4 Å². The van der Waals surface area contributed by atoms with E-state index in [1.807, 2.05) is 0 Å². The largest absolute Gasteiger partial charge is 0.406 e. The Kier molecular flexibility index (Phi) is 6.41. The van der Waals surface area contributed by atoms with Gasteiger partial charge in [0.2, 0.25) is 5.91 Å². The summed E-state index contributed by atoms with van der Waals surface area (Å²) in [6.07, 6.45) is -4.57. The van der Waals surface area contributed by atoms with Gasteiger partial charge in [0.15, 0.2) is 11.6 Å². The summed E-state index contributed by atoms with van der Waals surface area (Å²) in [5.74, 6) is -3.38. The van der Waals surface area contributed by atoms with Crippen LogP contribution in [0, 0.1) is 11.6 Å². The molecule has 118 valence electrons. The Bertz CT molecular complexity index is 495. The topological polar surface area (TPSA) is 40.5 Å². The number of aliphatic hydroxyl groups is 1. The number of carbonyl (C=O) groups excluding carboxylic acids is 1. The molecule has 1 rings (SSSR count). The van der Waals surface area contributed by atoms with Crippen molar-refractivity contribution in [1.29, 1.82) is 0 Å². The Morgan fingerprint density at radius 1 is 1.24 bits per heavy atom. The van der Waals surface area contributed by atoms with Crippen LogP contribution in [-0.2, 0) is 4.79 Å². The second-order valence-electron chi connectivity index (χ2n) is 4.02. The minimum absolute atomic E-state index is 0.221. The lowest BCUT2D eigenvalue weighted by Crippen LogP contribution is -2.41. The molecule has 0 saturated heterocycles. The molecule has 1 aromatic carbocycles. The van der Waals surface area contributed by atoms with E-state index in [9.17, 15) is 26.7 Å². The maximum atomic E-state index is 12.9. The number of amides is 1. The van der Waals surface area contributed by atoms with Gasteiger partial charge >= 0.3 is 6.18 Å². The minimum Gasteiger partial charge on any atom is -0.395 e. The molecule has 9 heteroatoms. The number of alkyl halides is 3. The summed E-state index contributed by atoms with van der Waals surface area (Å²) < 4.78 is 62.5. The van der Waals surface area contributed by atoms with Gasteiger partial charge in [-0.15, -0.1) is 11.8 Å². The summed E-state index contributed by atoms with van der Waals surface area (Å²) in [4.78, 5) is 12.3. The Morgan fingerprint density at radius 2 is 1.90 bits per heavy atom. The third kappa shape index (κ3) is 6.30. The highest BCUT2D eigenvalue weighted by molar-refractivity contribution is 8.00. The number of hydrogen-bond donors (Lipinski definition) is 1. The molecular formula is C12H12F5NO2S. The van der Waals surface area contributed by atoms with Crippen LogP contribution in [0.15, 0.2) is 23.1 Å². The fourth-order valence-corrected chi connectivity index (χ4v) is 2.26. The van der Waals surface area contributed by atoms with Crippen molar-refractivity contribution < 1.29 is 31.9 Å². The van der Waals surface area contributed by atoms with Gasteiger partial charge in [0, 0.05) is 11.4 Å². The average Bonchev–Trinajstić information content (AvgIpc) is 2.38. The second kappa shape index (κ2) is 7.60. The molecule has 0 aromatic heterocycles. The molecule has 21 heavy (non-hydrogen) atoms. The maximum Gasteiger partial charge on any atom is 0.406 e. The van der Waals surface area contributed by atoms with E-state index in [-0.39, 0.29) is 10.6 Å². The molecule has 0 saturated carbocycles. The SMILES string of the molecule is O=C(CSc1ccc(F)c(F)c1)N(CCO)CC(F)(F)F. The fourth-order valence-electron chi connectivity index (χ4n) is 1.43. The number of rotatable bonds is 6. The molecule has 0 atom stereocenters. The molecule has 0 spiro atoms. The lowest BCUT2D eigenvalue weighted by Gasteiger charge is -2.22. The number of carbonyl (C=O) groups is 1. The average molecular weight is 329 g/mol. The molecular weight excluding hydrogens is 317 g/mol.